The Kier molecular flexibility index (Phi) is 6.14. The highest BCUT2D eigenvalue weighted by molar-refractivity contribution is 5.97. The number of hydrogen-bond acceptors (Lipinski definition) is 7. The molecule has 0 aliphatic carbocycles. The van der Waals surface area contributed by atoms with Gasteiger partial charge in [0.05, 0.1) is 36.0 Å². The van der Waals surface area contributed by atoms with Gasteiger partial charge in [-0.3, -0.25) is 14.9 Å². The molecule has 1 aromatic carbocycles. The maximum absolute atomic E-state index is 12.6. The molecular formula is C17H20N4O5. The fourth-order valence-corrected chi connectivity index (χ4v) is 2.72. The molecule has 1 amide bonds. The Hall–Kier alpha value is -3.12. The third-order valence-corrected chi connectivity index (χ3v) is 3.83. The van der Waals surface area contributed by atoms with E-state index in [9.17, 15) is 20.2 Å². The van der Waals surface area contributed by atoms with E-state index in [2.05, 4.69) is 5.32 Å². The second-order valence-electron chi connectivity index (χ2n) is 5.92. The molecule has 26 heavy (non-hydrogen) atoms. The van der Waals surface area contributed by atoms with Gasteiger partial charge in [-0.05, 0) is 19.9 Å². The van der Waals surface area contributed by atoms with E-state index in [0.717, 1.165) is 0 Å². The number of nitro groups is 1. The van der Waals surface area contributed by atoms with Crippen molar-refractivity contribution < 1.29 is 19.2 Å². The van der Waals surface area contributed by atoms with Crippen LogP contribution in [-0.4, -0.2) is 48.1 Å². The highest BCUT2D eigenvalue weighted by Crippen LogP contribution is 2.29. The van der Waals surface area contributed by atoms with Crippen LogP contribution in [0.4, 0.5) is 11.4 Å². The zero-order valence-electron chi connectivity index (χ0n) is 14.8. The second kappa shape index (κ2) is 8.31. The Morgan fingerprint density at radius 2 is 2.12 bits per heavy atom. The van der Waals surface area contributed by atoms with E-state index >= 15 is 0 Å². The number of carbonyl (C=O) groups is 1. The van der Waals surface area contributed by atoms with Crippen molar-refractivity contribution in [1.29, 1.82) is 5.26 Å². The molecule has 1 heterocycles. The molecule has 0 bridgehead atoms. The number of nitriles is 1. The predicted molar refractivity (Wildman–Crippen MR) is 93.6 cm³/mol. The normalized spacial score (nSPS) is 20.2. The summed E-state index contributed by atoms with van der Waals surface area (Å²) >= 11 is 0. The molecule has 0 spiro atoms. The van der Waals surface area contributed by atoms with Crippen molar-refractivity contribution in [2.24, 2.45) is 0 Å². The van der Waals surface area contributed by atoms with Gasteiger partial charge in [0, 0.05) is 25.4 Å². The number of amides is 1. The van der Waals surface area contributed by atoms with Crippen LogP contribution < -0.4 is 10.1 Å². The largest absolute Gasteiger partial charge is 0.494 e. The van der Waals surface area contributed by atoms with E-state index in [1.54, 1.807) is 4.90 Å². The van der Waals surface area contributed by atoms with Gasteiger partial charge >= 0.3 is 0 Å². The number of carbonyl (C=O) groups excluding carboxylic acids is 1. The van der Waals surface area contributed by atoms with E-state index in [1.165, 1.54) is 31.5 Å². The van der Waals surface area contributed by atoms with Crippen LogP contribution in [0.15, 0.2) is 30.0 Å². The number of non-ortho nitro benzene ring substituents is 1. The van der Waals surface area contributed by atoms with Crippen LogP contribution in [0.25, 0.3) is 0 Å². The van der Waals surface area contributed by atoms with Crippen LogP contribution in [0.2, 0.25) is 0 Å². The molecule has 2 atom stereocenters. The lowest BCUT2D eigenvalue weighted by Gasteiger charge is -2.35. The van der Waals surface area contributed by atoms with Gasteiger partial charge in [0.2, 0.25) is 0 Å². The van der Waals surface area contributed by atoms with Gasteiger partial charge in [-0.2, -0.15) is 5.26 Å². The summed E-state index contributed by atoms with van der Waals surface area (Å²) in [6.45, 7) is 4.55. The highest BCUT2D eigenvalue weighted by Gasteiger charge is 2.27. The summed E-state index contributed by atoms with van der Waals surface area (Å²) in [6, 6.07) is 5.90. The quantitative estimate of drug-likeness (QED) is 0.369. The molecule has 0 radical (unpaired) electrons. The third kappa shape index (κ3) is 4.49. The van der Waals surface area contributed by atoms with Gasteiger partial charge in [0.25, 0.3) is 11.6 Å². The van der Waals surface area contributed by atoms with Crippen LogP contribution >= 0.6 is 0 Å². The summed E-state index contributed by atoms with van der Waals surface area (Å²) in [5.74, 6) is -0.170. The zero-order chi connectivity index (χ0) is 19.3. The first kappa shape index (κ1) is 19.2. The maximum atomic E-state index is 12.6. The van der Waals surface area contributed by atoms with Crippen LogP contribution in [0, 0.1) is 21.4 Å². The molecule has 1 aliphatic heterocycles. The summed E-state index contributed by atoms with van der Waals surface area (Å²) in [5, 5.41) is 23.0. The van der Waals surface area contributed by atoms with Crippen LogP contribution in [-0.2, 0) is 9.53 Å². The Balaban J connectivity index is 2.18. The SMILES string of the molecule is COc1cc([N+](=O)[O-])ccc1N/C=C(/C#N)C(=O)N1CC(C)OC(C)C1. The number of benzene rings is 1. The lowest BCUT2D eigenvalue weighted by Crippen LogP contribution is -2.48. The molecule has 1 saturated heterocycles. The highest BCUT2D eigenvalue weighted by atomic mass is 16.6. The molecule has 1 fully saturated rings. The van der Waals surface area contributed by atoms with Gasteiger partial charge < -0.3 is 19.7 Å². The molecule has 0 saturated carbocycles. The Labute approximate surface area is 150 Å². The molecule has 9 heteroatoms. The number of ether oxygens (including phenoxy) is 2. The summed E-state index contributed by atoms with van der Waals surface area (Å²) < 4.78 is 10.7. The number of nitrogens with one attached hydrogen (secondary N) is 1. The van der Waals surface area contributed by atoms with E-state index in [1.807, 2.05) is 19.9 Å². The first-order valence-electron chi connectivity index (χ1n) is 7.99. The monoisotopic (exact) mass is 360 g/mol. The van der Waals surface area contributed by atoms with Crippen molar-refractivity contribution >= 4 is 17.3 Å². The molecule has 9 nitrogen and oxygen atoms in total. The number of morpholine rings is 1. The molecule has 1 aromatic rings. The van der Waals surface area contributed by atoms with Crippen molar-refractivity contribution in [2.45, 2.75) is 26.1 Å². The molecule has 2 rings (SSSR count). The summed E-state index contributed by atoms with van der Waals surface area (Å²) in [6.07, 6.45) is 1.06. The molecule has 1 aliphatic rings. The molecule has 1 N–H and O–H groups in total. The van der Waals surface area contributed by atoms with Crippen molar-refractivity contribution in [3.63, 3.8) is 0 Å². The molecule has 2 unspecified atom stereocenters. The maximum Gasteiger partial charge on any atom is 0.273 e. The van der Waals surface area contributed by atoms with E-state index in [-0.39, 0.29) is 29.2 Å². The lowest BCUT2D eigenvalue weighted by molar-refractivity contribution is -0.384. The Morgan fingerprint density at radius 3 is 2.65 bits per heavy atom. The van der Waals surface area contributed by atoms with Crippen LogP contribution in [0.1, 0.15) is 13.8 Å². The summed E-state index contributed by atoms with van der Waals surface area (Å²) in [4.78, 5) is 24.4. The van der Waals surface area contributed by atoms with Crippen molar-refractivity contribution in [3.8, 4) is 11.8 Å². The number of hydrogen-bond donors (Lipinski definition) is 1. The van der Waals surface area contributed by atoms with Crippen LogP contribution in [0.5, 0.6) is 5.75 Å². The van der Waals surface area contributed by atoms with Gasteiger partial charge in [-0.1, -0.05) is 0 Å². The minimum atomic E-state index is -0.535. The first-order valence-corrected chi connectivity index (χ1v) is 7.99. The average Bonchev–Trinajstić information content (AvgIpc) is 2.61. The van der Waals surface area contributed by atoms with E-state index in [0.29, 0.717) is 18.8 Å². The van der Waals surface area contributed by atoms with Crippen molar-refractivity contribution in [1.82, 2.24) is 4.90 Å². The van der Waals surface area contributed by atoms with Gasteiger partial charge in [0.15, 0.2) is 0 Å². The summed E-state index contributed by atoms with van der Waals surface area (Å²) in [7, 11) is 1.38. The predicted octanol–water partition coefficient (Wildman–Crippen LogP) is 2.06. The fourth-order valence-electron chi connectivity index (χ4n) is 2.72. The van der Waals surface area contributed by atoms with E-state index in [4.69, 9.17) is 9.47 Å². The lowest BCUT2D eigenvalue weighted by atomic mass is 10.2. The van der Waals surface area contributed by atoms with E-state index < -0.39 is 10.8 Å². The van der Waals surface area contributed by atoms with Crippen LogP contribution in [0.3, 0.4) is 0 Å². The number of anilines is 1. The Bertz CT molecular complexity index is 761. The van der Waals surface area contributed by atoms with Crippen molar-refractivity contribution in [2.75, 3.05) is 25.5 Å². The fraction of sp³-hybridized carbons (Fsp3) is 0.412. The average molecular weight is 360 g/mol. The number of nitro benzene ring substituents is 1. The Morgan fingerprint density at radius 1 is 1.46 bits per heavy atom. The van der Waals surface area contributed by atoms with Gasteiger partial charge in [0.1, 0.15) is 17.4 Å². The minimum absolute atomic E-state index is 0.0771. The van der Waals surface area contributed by atoms with Crippen molar-refractivity contribution in [3.05, 3.63) is 40.1 Å². The summed E-state index contributed by atoms with van der Waals surface area (Å²) in [5.41, 5.74) is 0.207. The number of nitrogens with zero attached hydrogens (tertiary/aromatic N) is 3. The standard InChI is InChI=1S/C17H20N4O5/c1-11-9-20(10-12(2)26-11)17(22)13(7-18)8-19-15-5-4-14(21(23)24)6-16(15)25-3/h4-6,8,11-12,19H,9-10H2,1-3H3/b13-8-. The van der Waals surface area contributed by atoms with Gasteiger partial charge in [-0.15, -0.1) is 0 Å². The first-order chi connectivity index (χ1) is 12.3. The molecule has 138 valence electrons. The molecule has 0 aromatic heterocycles. The number of methoxy groups -OCH3 is 1. The minimum Gasteiger partial charge on any atom is -0.494 e. The van der Waals surface area contributed by atoms with Gasteiger partial charge in [-0.25, -0.2) is 0 Å². The second-order valence-corrected chi connectivity index (χ2v) is 5.92. The zero-order valence-corrected chi connectivity index (χ0v) is 14.8. The molecular weight excluding hydrogens is 340 g/mol. The smallest absolute Gasteiger partial charge is 0.273 e. The topological polar surface area (TPSA) is 118 Å². The third-order valence-electron chi connectivity index (χ3n) is 3.83. The number of rotatable bonds is 5.